The van der Waals surface area contributed by atoms with Crippen molar-refractivity contribution in [1.29, 1.82) is 5.26 Å². The number of piperidine rings is 2. The zero-order valence-corrected chi connectivity index (χ0v) is 16.3. The van der Waals surface area contributed by atoms with Crippen molar-refractivity contribution in [2.45, 2.75) is 32.4 Å². The summed E-state index contributed by atoms with van der Waals surface area (Å²) in [5.74, 6) is 1.34. The van der Waals surface area contributed by atoms with Gasteiger partial charge in [-0.1, -0.05) is 18.2 Å². The summed E-state index contributed by atoms with van der Waals surface area (Å²) < 4.78 is 0. The first kappa shape index (κ1) is 19.1. The summed E-state index contributed by atoms with van der Waals surface area (Å²) in [4.78, 5) is 12.4. The highest BCUT2D eigenvalue weighted by Crippen LogP contribution is 2.45. The SMILES string of the molecule is N#Cc1ccccc1CN1CCC2(CCN(Cc3ncc[nH]3)CC2)C(CO)C1. The first-order chi connectivity index (χ1) is 13.7. The van der Waals surface area contributed by atoms with E-state index >= 15 is 0 Å². The molecule has 2 fully saturated rings. The van der Waals surface area contributed by atoms with E-state index in [4.69, 9.17) is 0 Å². The Balaban J connectivity index is 1.37. The molecule has 0 amide bonds. The molecule has 2 saturated heterocycles. The van der Waals surface area contributed by atoms with E-state index in [9.17, 15) is 10.4 Å². The average Bonchev–Trinajstić information content (AvgIpc) is 3.25. The van der Waals surface area contributed by atoms with Crippen LogP contribution in [0.15, 0.2) is 36.7 Å². The van der Waals surface area contributed by atoms with Gasteiger partial charge in [0.05, 0.1) is 18.2 Å². The van der Waals surface area contributed by atoms with Crippen LogP contribution < -0.4 is 0 Å². The predicted molar refractivity (Wildman–Crippen MR) is 107 cm³/mol. The number of hydrogen-bond acceptors (Lipinski definition) is 5. The first-order valence-electron chi connectivity index (χ1n) is 10.2. The third-order valence-corrected chi connectivity index (χ3v) is 6.80. The molecule has 28 heavy (non-hydrogen) atoms. The van der Waals surface area contributed by atoms with Crippen LogP contribution in [0.1, 0.15) is 36.2 Å². The van der Waals surface area contributed by atoms with Crippen molar-refractivity contribution >= 4 is 0 Å². The molecule has 1 aromatic heterocycles. The fourth-order valence-corrected chi connectivity index (χ4v) is 5.00. The van der Waals surface area contributed by atoms with Gasteiger partial charge in [0.2, 0.25) is 0 Å². The van der Waals surface area contributed by atoms with Crippen LogP contribution in [0.4, 0.5) is 0 Å². The highest BCUT2D eigenvalue weighted by molar-refractivity contribution is 5.37. The average molecular weight is 380 g/mol. The van der Waals surface area contributed by atoms with Crippen LogP contribution in [0, 0.1) is 22.7 Å². The normalized spacial score (nSPS) is 22.9. The summed E-state index contributed by atoms with van der Waals surface area (Å²) in [5.41, 5.74) is 2.10. The topological polar surface area (TPSA) is 79.2 Å². The second-order valence-corrected chi connectivity index (χ2v) is 8.31. The maximum Gasteiger partial charge on any atom is 0.120 e. The van der Waals surface area contributed by atoms with Gasteiger partial charge in [0.15, 0.2) is 0 Å². The fourth-order valence-electron chi connectivity index (χ4n) is 5.00. The highest BCUT2D eigenvalue weighted by atomic mass is 16.3. The minimum atomic E-state index is 0.245. The number of nitrogens with zero attached hydrogens (tertiary/aromatic N) is 4. The molecule has 0 bridgehead atoms. The van der Waals surface area contributed by atoms with E-state index < -0.39 is 0 Å². The molecule has 2 aromatic rings. The number of imidazole rings is 1. The third kappa shape index (κ3) is 3.97. The lowest BCUT2D eigenvalue weighted by Crippen LogP contribution is -2.53. The third-order valence-electron chi connectivity index (χ3n) is 6.80. The number of aliphatic hydroxyl groups excluding tert-OH is 1. The molecular weight excluding hydrogens is 350 g/mol. The molecule has 0 saturated carbocycles. The molecular formula is C22H29N5O. The number of benzene rings is 1. The monoisotopic (exact) mass is 379 g/mol. The van der Waals surface area contributed by atoms with E-state index in [0.717, 1.165) is 75.5 Å². The van der Waals surface area contributed by atoms with Gasteiger partial charge < -0.3 is 10.1 Å². The molecule has 1 aromatic carbocycles. The largest absolute Gasteiger partial charge is 0.396 e. The number of H-pyrrole nitrogens is 1. The zero-order valence-electron chi connectivity index (χ0n) is 16.3. The minimum Gasteiger partial charge on any atom is -0.396 e. The Kier molecular flexibility index (Phi) is 5.77. The highest BCUT2D eigenvalue weighted by Gasteiger charge is 2.44. The maximum atomic E-state index is 10.2. The van der Waals surface area contributed by atoms with E-state index in [1.54, 1.807) is 0 Å². The van der Waals surface area contributed by atoms with E-state index in [-0.39, 0.29) is 12.0 Å². The molecule has 1 spiro atoms. The molecule has 0 aliphatic carbocycles. The van der Waals surface area contributed by atoms with Gasteiger partial charge in [0, 0.05) is 38.0 Å². The summed E-state index contributed by atoms with van der Waals surface area (Å²) in [7, 11) is 0. The van der Waals surface area contributed by atoms with Crippen molar-refractivity contribution in [2.24, 2.45) is 11.3 Å². The second-order valence-electron chi connectivity index (χ2n) is 8.31. The van der Waals surface area contributed by atoms with Crippen molar-refractivity contribution in [3.05, 3.63) is 53.6 Å². The number of hydrogen-bond donors (Lipinski definition) is 2. The van der Waals surface area contributed by atoms with Crippen LogP contribution in [-0.2, 0) is 13.1 Å². The summed E-state index contributed by atoms with van der Waals surface area (Å²) in [6.07, 6.45) is 7.09. The van der Waals surface area contributed by atoms with Crippen molar-refractivity contribution in [3.63, 3.8) is 0 Å². The fraction of sp³-hybridized carbons (Fsp3) is 0.545. The minimum absolute atomic E-state index is 0.245. The van der Waals surface area contributed by atoms with Crippen LogP contribution >= 0.6 is 0 Å². The molecule has 2 N–H and O–H groups in total. The lowest BCUT2D eigenvalue weighted by atomic mass is 9.64. The molecule has 4 rings (SSSR count). The first-order valence-corrected chi connectivity index (χ1v) is 10.2. The Bertz CT molecular complexity index is 805. The van der Waals surface area contributed by atoms with Gasteiger partial charge in [-0.05, 0) is 55.9 Å². The van der Waals surface area contributed by atoms with Gasteiger partial charge >= 0.3 is 0 Å². The standard InChI is InChI=1S/C22H29N5O/c23-13-18-3-1-2-4-19(18)14-27-12-7-22(20(15-27)17-28)5-10-26(11-6-22)16-21-24-8-9-25-21/h1-4,8-9,20,28H,5-7,10-12,14-17H2,(H,24,25). The van der Waals surface area contributed by atoms with Crippen molar-refractivity contribution in [1.82, 2.24) is 19.8 Å². The summed E-state index contributed by atoms with van der Waals surface area (Å²) in [5, 5.41) is 19.5. The number of aromatic amines is 1. The van der Waals surface area contributed by atoms with E-state index in [2.05, 4.69) is 25.8 Å². The molecule has 0 radical (unpaired) electrons. The Hall–Kier alpha value is -2.20. The number of nitriles is 1. The Morgan fingerprint density at radius 1 is 1.14 bits per heavy atom. The Labute approximate surface area is 166 Å². The maximum absolute atomic E-state index is 10.2. The number of aliphatic hydroxyl groups is 1. The van der Waals surface area contributed by atoms with Crippen LogP contribution in [0.2, 0.25) is 0 Å². The van der Waals surface area contributed by atoms with Gasteiger partial charge in [0.1, 0.15) is 5.82 Å². The quantitative estimate of drug-likeness (QED) is 0.834. The summed E-state index contributed by atoms with van der Waals surface area (Å²) >= 11 is 0. The van der Waals surface area contributed by atoms with Crippen molar-refractivity contribution in [2.75, 3.05) is 32.8 Å². The second kappa shape index (κ2) is 8.44. The lowest BCUT2D eigenvalue weighted by Gasteiger charge is -2.51. The van der Waals surface area contributed by atoms with Gasteiger partial charge in [0.25, 0.3) is 0 Å². The van der Waals surface area contributed by atoms with Crippen molar-refractivity contribution in [3.8, 4) is 6.07 Å². The molecule has 3 heterocycles. The summed E-state index contributed by atoms with van der Waals surface area (Å²) in [6, 6.07) is 10.2. The van der Waals surface area contributed by atoms with E-state index in [1.807, 2.05) is 36.7 Å². The molecule has 6 nitrogen and oxygen atoms in total. The number of likely N-dealkylation sites (tertiary alicyclic amines) is 2. The van der Waals surface area contributed by atoms with E-state index in [0.29, 0.717) is 5.92 Å². The zero-order chi connectivity index (χ0) is 19.4. The van der Waals surface area contributed by atoms with Crippen LogP contribution in [-0.4, -0.2) is 57.7 Å². The number of nitrogens with one attached hydrogen (secondary N) is 1. The van der Waals surface area contributed by atoms with E-state index in [1.165, 1.54) is 0 Å². The Morgan fingerprint density at radius 3 is 2.57 bits per heavy atom. The predicted octanol–water partition coefficient (Wildman–Crippen LogP) is 2.38. The number of rotatable bonds is 5. The molecule has 1 atom stereocenters. The lowest BCUT2D eigenvalue weighted by molar-refractivity contribution is -0.0453. The molecule has 1 unspecified atom stereocenters. The number of aromatic nitrogens is 2. The van der Waals surface area contributed by atoms with Gasteiger partial charge in [-0.25, -0.2) is 4.98 Å². The van der Waals surface area contributed by atoms with Gasteiger partial charge in [-0.3, -0.25) is 9.80 Å². The van der Waals surface area contributed by atoms with Crippen LogP contribution in [0.25, 0.3) is 0 Å². The van der Waals surface area contributed by atoms with Gasteiger partial charge in [-0.15, -0.1) is 0 Å². The van der Waals surface area contributed by atoms with Crippen LogP contribution in [0.5, 0.6) is 0 Å². The van der Waals surface area contributed by atoms with Gasteiger partial charge in [-0.2, -0.15) is 5.26 Å². The van der Waals surface area contributed by atoms with Crippen molar-refractivity contribution < 1.29 is 5.11 Å². The smallest absolute Gasteiger partial charge is 0.120 e. The molecule has 2 aliphatic heterocycles. The molecule has 6 heteroatoms. The van der Waals surface area contributed by atoms with Crippen LogP contribution in [0.3, 0.4) is 0 Å². The molecule has 2 aliphatic rings. The Morgan fingerprint density at radius 2 is 1.89 bits per heavy atom. The molecule has 148 valence electrons. The summed E-state index contributed by atoms with van der Waals surface area (Å²) in [6.45, 7) is 5.99.